The summed E-state index contributed by atoms with van der Waals surface area (Å²) in [5.74, 6) is -0.523. The van der Waals surface area contributed by atoms with Crippen molar-refractivity contribution in [1.82, 2.24) is 9.55 Å². The Balaban J connectivity index is 2.39. The Morgan fingerprint density at radius 3 is 2.62 bits per heavy atom. The van der Waals surface area contributed by atoms with Crippen molar-refractivity contribution in [2.45, 2.75) is 6.92 Å². The molecule has 0 unspecified atom stereocenters. The number of hydrogen-bond donors (Lipinski definition) is 1. The van der Waals surface area contributed by atoms with E-state index in [2.05, 4.69) is 20.9 Å². The molecule has 1 aromatic heterocycles. The summed E-state index contributed by atoms with van der Waals surface area (Å²) in [7, 11) is 0. The summed E-state index contributed by atoms with van der Waals surface area (Å²) in [4.78, 5) is 27.2. The lowest BCUT2D eigenvalue weighted by molar-refractivity contribution is 0.629. The number of halogens is 2. The monoisotopic (exact) mass is 348 g/mol. The van der Waals surface area contributed by atoms with Gasteiger partial charge in [0.05, 0.1) is 16.6 Å². The van der Waals surface area contributed by atoms with Crippen LogP contribution in [0, 0.1) is 12.7 Å². The number of benzene rings is 2. The molecule has 3 aromatic rings. The molecule has 0 saturated carbocycles. The van der Waals surface area contributed by atoms with E-state index < -0.39 is 17.1 Å². The van der Waals surface area contributed by atoms with Crippen LogP contribution < -0.4 is 11.2 Å². The molecule has 21 heavy (non-hydrogen) atoms. The van der Waals surface area contributed by atoms with Gasteiger partial charge in [0.15, 0.2) is 0 Å². The molecule has 0 radical (unpaired) electrons. The van der Waals surface area contributed by atoms with E-state index >= 15 is 0 Å². The third-order valence-corrected chi connectivity index (χ3v) is 4.15. The van der Waals surface area contributed by atoms with Crippen LogP contribution in [0.3, 0.4) is 0 Å². The fraction of sp³-hybridized carbons (Fsp3) is 0.0667. The van der Waals surface area contributed by atoms with Crippen LogP contribution in [-0.4, -0.2) is 9.55 Å². The van der Waals surface area contributed by atoms with Gasteiger partial charge in [-0.15, -0.1) is 0 Å². The van der Waals surface area contributed by atoms with Crippen LogP contribution in [0.1, 0.15) is 5.56 Å². The molecule has 0 fully saturated rings. The quantitative estimate of drug-likeness (QED) is 0.735. The zero-order valence-electron chi connectivity index (χ0n) is 11.0. The summed E-state index contributed by atoms with van der Waals surface area (Å²) < 4.78 is 15.2. The van der Waals surface area contributed by atoms with Crippen molar-refractivity contribution < 1.29 is 4.39 Å². The van der Waals surface area contributed by atoms with Gasteiger partial charge in [-0.2, -0.15) is 0 Å². The maximum Gasteiger partial charge on any atom is 0.333 e. The van der Waals surface area contributed by atoms with Crippen molar-refractivity contribution in [1.29, 1.82) is 0 Å². The normalized spacial score (nSPS) is 11.0. The number of aromatic nitrogens is 2. The molecule has 1 heterocycles. The Morgan fingerprint density at radius 2 is 1.90 bits per heavy atom. The molecule has 4 nitrogen and oxygen atoms in total. The number of aromatic amines is 1. The summed E-state index contributed by atoms with van der Waals surface area (Å²) in [6.45, 7) is 1.85. The number of H-pyrrole nitrogens is 1. The van der Waals surface area contributed by atoms with Gasteiger partial charge in [-0.05, 0) is 48.9 Å². The van der Waals surface area contributed by atoms with Crippen molar-refractivity contribution >= 4 is 26.8 Å². The van der Waals surface area contributed by atoms with E-state index in [9.17, 15) is 14.0 Å². The van der Waals surface area contributed by atoms with E-state index in [1.165, 1.54) is 12.1 Å². The van der Waals surface area contributed by atoms with Crippen LogP contribution in [0.15, 0.2) is 50.5 Å². The lowest BCUT2D eigenvalue weighted by Gasteiger charge is -2.08. The Hall–Kier alpha value is -2.21. The van der Waals surface area contributed by atoms with Crippen molar-refractivity contribution in [2.75, 3.05) is 0 Å². The SMILES string of the molecule is Cc1cc(-n2c(=O)[nH]c3ccc(F)cc3c2=O)ccc1Br. The van der Waals surface area contributed by atoms with E-state index in [0.29, 0.717) is 11.2 Å². The van der Waals surface area contributed by atoms with Crippen molar-refractivity contribution in [2.24, 2.45) is 0 Å². The highest BCUT2D eigenvalue weighted by molar-refractivity contribution is 9.10. The molecule has 1 N–H and O–H groups in total. The predicted octanol–water partition coefficient (Wildman–Crippen LogP) is 2.89. The fourth-order valence-corrected chi connectivity index (χ4v) is 2.44. The Morgan fingerprint density at radius 1 is 1.14 bits per heavy atom. The molecule has 0 atom stereocenters. The van der Waals surface area contributed by atoms with Gasteiger partial charge in [-0.3, -0.25) is 4.79 Å². The van der Waals surface area contributed by atoms with Crippen LogP contribution in [-0.2, 0) is 0 Å². The zero-order chi connectivity index (χ0) is 15.1. The molecule has 0 amide bonds. The highest BCUT2D eigenvalue weighted by Gasteiger charge is 2.11. The average Bonchev–Trinajstić information content (AvgIpc) is 2.44. The molecule has 0 aliphatic heterocycles. The highest BCUT2D eigenvalue weighted by Crippen LogP contribution is 2.18. The molecule has 2 aromatic carbocycles. The summed E-state index contributed by atoms with van der Waals surface area (Å²) in [6, 6.07) is 8.82. The number of nitrogens with zero attached hydrogens (tertiary/aromatic N) is 1. The van der Waals surface area contributed by atoms with Crippen LogP contribution >= 0.6 is 15.9 Å². The molecule has 106 valence electrons. The smallest absolute Gasteiger partial charge is 0.306 e. The summed E-state index contributed by atoms with van der Waals surface area (Å²) in [5, 5.41) is 0.134. The van der Waals surface area contributed by atoms with Crippen LogP contribution in [0.4, 0.5) is 4.39 Å². The van der Waals surface area contributed by atoms with Gasteiger partial charge < -0.3 is 4.98 Å². The van der Waals surface area contributed by atoms with Crippen molar-refractivity contribution in [3.63, 3.8) is 0 Å². The minimum atomic E-state index is -0.555. The average molecular weight is 349 g/mol. The maximum absolute atomic E-state index is 13.3. The lowest BCUT2D eigenvalue weighted by Crippen LogP contribution is -2.33. The first-order chi connectivity index (χ1) is 9.97. The molecular weight excluding hydrogens is 339 g/mol. The highest BCUT2D eigenvalue weighted by atomic mass is 79.9. The van der Waals surface area contributed by atoms with Gasteiger partial charge in [-0.25, -0.2) is 13.8 Å². The van der Waals surface area contributed by atoms with Crippen molar-refractivity contribution in [3.8, 4) is 5.69 Å². The molecule has 0 aliphatic carbocycles. The van der Waals surface area contributed by atoms with E-state index in [4.69, 9.17) is 0 Å². The van der Waals surface area contributed by atoms with E-state index in [1.807, 2.05) is 6.92 Å². The Labute approximate surface area is 127 Å². The summed E-state index contributed by atoms with van der Waals surface area (Å²) >= 11 is 3.37. The summed E-state index contributed by atoms with van der Waals surface area (Å²) in [5.41, 5.74) is 0.540. The first-order valence-corrected chi connectivity index (χ1v) is 6.98. The largest absolute Gasteiger partial charge is 0.333 e. The van der Waals surface area contributed by atoms with Gasteiger partial charge in [0.2, 0.25) is 0 Å². The fourth-order valence-electron chi connectivity index (χ4n) is 2.19. The maximum atomic E-state index is 13.3. The number of hydrogen-bond acceptors (Lipinski definition) is 2. The van der Waals surface area contributed by atoms with E-state index in [-0.39, 0.29) is 5.39 Å². The second-order valence-electron chi connectivity index (χ2n) is 4.69. The van der Waals surface area contributed by atoms with Crippen LogP contribution in [0.5, 0.6) is 0 Å². The standard InChI is InChI=1S/C15H10BrFN2O2/c1-8-6-10(3-4-12(8)16)19-14(20)11-7-9(17)2-5-13(11)18-15(19)21/h2-7H,1H3,(H,18,21). The number of fused-ring (bicyclic) bond motifs is 1. The molecule has 6 heteroatoms. The molecule has 0 bridgehead atoms. The minimum absolute atomic E-state index is 0.134. The van der Waals surface area contributed by atoms with Gasteiger partial charge in [0.25, 0.3) is 5.56 Å². The van der Waals surface area contributed by atoms with Crippen LogP contribution in [0.2, 0.25) is 0 Å². The molecule has 0 aliphatic rings. The van der Waals surface area contributed by atoms with Gasteiger partial charge in [0, 0.05) is 4.47 Å². The third kappa shape index (κ3) is 2.31. The summed E-state index contributed by atoms with van der Waals surface area (Å²) in [6.07, 6.45) is 0. The lowest BCUT2D eigenvalue weighted by atomic mass is 10.2. The van der Waals surface area contributed by atoms with Gasteiger partial charge in [0.1, 0.15) is 5.82 Å². The predicted molar refractivity (Wildman–Crippen MR) is 82.6 cm³/mol. The Kier molecular flexibility index (Phi) is 3.25. The first-order valence-electron chi connectivity index (χ1n) is 6.18. The van der Waals surface area contributed by atoms with E-state index in [0.717, 1.165) is 20.7 Å². The molecular formula is C15H10BrFN2O2. The van der Waals surface area contributed by atoms with E-state index in [1.54, 1.807) is 18.2 Å². The second-order valence-corrected chi connectivity index (χ2v) is 5.55. The number of nitrogens with one attached hydrogen (secondary N) is 1. The van der Waals surface area contributed by atoms with Gasteiger partial charge >= 0.3 is 5.69 Å². The molecule has 3 rings (SSSR count). The third-order valence-electron chi connectivity index (χ3n) is 3.26. The topological polar surface area (TPSA) is 54.9 Å². The van der Waals surface area contributed by atoms with Crippen molar-refractivity contribution in [3.05, 3.63) is 73.1 Å². The first kappa shape index (κ1) is 13.8. The van der Waals surface area contributed by atoms with Crippen LogP contribution in [0.25, 0.3) is 16.6 Å². The zero-order valence-corrected chi connectivity index (χ0v) is 12.6. The number of aryl methyl sites for hydroxylation is 1. The Bertz CT molecular complexity index is 976. The second kappa shape index (κ2) is 4.96. The number of rotatable bonds is 1. The molecule has 0 saturated heterocycles. The van der Waals surface area contributed by atoms with Gasteiger partial charge in [-0.1, -0.05) is 15.9 Å². The molecule has 0 spiro atoms. The minimum Gasteiger partial charge on any atom is -0.306 e.